The van der Waals surface area contributed by atoms with Crippen LogP contribution in [-0.2, 0) is 6.42 Å². The molecule has 0 saturated heterocycles. The van der Waals surface area contributed by atoms with E-state index in [0.29, 0.717) is 16.5 Å². The third-order valence-corrected chi connectivity index (χ3v) is 5.61. The molecule has 1 aliphatic carbocycles. The van der Waals surface area contributed by atoms with E-state index in [-0.39, 0.29) is 18.1 Å². The number of aliphatic hydroxyl groups excluding tert-OH is 1. The number of aliphatic hydroxyl groups is 1. The highest BCUT2D eigenvalue weighted by molar-refractivity contribution is 7.14. The molecule has 1 fully saturated rings. The number of methoxy groups -OCH3 is 1. The summed E-state index contributed by atoms with van der Waals surface area (Å²) in [7, 11) is 1.59. The number of ether oxygens (including phenoxy) is 1. The Bertz CT molecular complexity index is 692. The van der Waals surface area contributed by atoms with Gasteiger partial charge in [0.1, 0.15) is 10.6 Å². The lowest BCUT2D eigenvalue weighted by Crippen LogP contribution is -2.48. The van der Waals surface area contributed by atoms with Gasteiger partial charge < -0.3 is 15.2 Å². The van der Waals surface area contributed by atoms with Gasteiger partial charge in [-0.05, 0) is 43.7 Å². The number of benzene rings is 1. The van der Waals surface area contributed by atoms with Crippen LogP contribution in [0.3, 0.4) is 0 Å². The van der Waals surface area contributed by atoms with Gasteiger partial charge in [0.15, 0.2) is 0 Å². The second-order valence-corrected chi connectivity index (χ2v) is 7.67. The van der Waals surface area contributed by atoms with Crippen LogP contribution in [0.4, 0.5) is 0 Å². The first-order valence-corrected chi connectivity index (χ1v) is 9.05. The molecule has 1 heterocycles. The number of hydrogen-bond donors (Lipinski definition) is 2. The first-order chi connectivity index (χ1) is 11.6. The Morgan fingerprint density at radius 1 is 1.38 bits per heavy atom. The molecule has 0 spiro atoms. The fourth-order valence-electron chi connectivity index (χ4n) is 3.20. The summed E-state index contributed by atoms with van der Waals surface area (Å²) in [5.41, 5.74) is 1.19. The van der Waals surface area contributed by atoms with Gasteiger partial charge in [-0.3, -0.25) is 4.79 Å². The molecule has 1 amide bonds. The standard InChI is InChI=1S/C19H23NO3S/c1-12-8-17(23-2)18(24-12)19(22)20-16(14-10-15(21)11-14)9-13-6-4-3-5-7-13/h3-8,14-16,21H,9-11H2,1-2H3,(H,20,22)/t14?,15?,16-/m0/s1. The van der Waals surface area contributed by atoms with Gasteiger partial charge >= 0.3 is 0 Å². The van der Waals surface area contributed by atoms with Crippen molar-refractivity contribution in [3.8, 4) is 5.75 Å². The van der Waals surface area contributed by atoms with Crippen LogP contribution in [0.5, 0.6) is 5.75 Å². The summed E-state index contributed by atoms with van der Waals surface area (Å²) in [6, 6.07) is 12.1. The fourth-order valence-corrected chi connectivity index (χ4v) is 4.08. The molecule has 128 valence electrons. The predicted octanol–water partition coefficient (Wildman–Crippen LogP) is 3.18. The van der Waals surface area contributed by atoms with Gasteiger partial charge in [-0.15, -0.1) is 11.3 Å². The number of hydrogen-bond acceptors (Lipinski definition) is 4. The molecule has 1 aliphatic rings. The Morgan fingerprint density at radius 2 is 2.08 bits per heavy atom. The maximum absolute atomic E-state index is 12.7. The van der Waals surface area contributed by atoms with Crippen LogP contribution in [0.25, 0.3) is 0 Å². The van der Waals surface area contributed by atoms with Gasteiger partial charge in [0.05, 0.1) is 13.2 Å². The van der Waals surface area contributed by atoms with Gasteiger partial charge in [0.2, 0.25) is 0 Å². The van der Waals surface area contributed by atoms with Crippen LogP contribution in [0.15, 0.2) is 36.4 Å². The number of aryl methyl sites for hydroxylation is 1. The van der Waals surface area contributed by atoms with Crippen molar-refractivity contribution in [2.24, 2.45) is 5.92 Å². The second kappa shape index (κ2) is 7.36. The summed E-state index contributed by atoms with van der Waals surface area (Å²) in [4.78, 5) is 14.4. The topological polar surface area (TPSA) is 58.6 Å². The highest BCUT2D eigenvalue weighted by atomic mass is 32.1. The maximum Gasteiger partial charge on any atom is 0.265 e. The molecule has 4 nitrogen and oxygen atoms in total. The minimum atomic E-state index is -0.233. The van der Waals surface area contributed by atoms with E-state index in [1.54, 1.807) is 7.11 Å². The quantitative estimate of drug-likeness (QED) is 0.845. The monoisotopic (exact) mass is 345 g/mol. The van der Waals surface area contributed by atoms with E-state index in [4.69, 9.17) is 4.74 Å². The Morgan fingerprint density at radius 3 is 2.71 bits per heavy atom. The molecule has 24 heavy (non-hydrogen) atoms. The molecule has 5 heteroatoms. The zero-order chi connectivity index (χ0) is 17.1. The van der Waals surface area contributed by atoms with Gasteiger partial charge in [-0.25, -0.2) is 0 Å². The van der Waals surface area contributed by atoms with Crippen LogP contribution in [0, 0.1) is 12.8 Å². The molecular formula is C19H23NO3S. The first-order valence-electron chi connectivity index (χ1n) is 8.24. The molecule has 0 bridgehead atoms. The van der Waals surface area contributed by atoms with Crippen molar-refractivity contribution >= 4 is 17.2 Å². The summed E-state index contributed by atoms with van der Waals surface area (Å²) in [5.74, 6) is 0.852. The first kappa shape index (κ1) is 17.0. The van der Waals surface area contributed by atoms with E-state index in [1.165, 1.54) is 16.9 Å². The molecule has 0 radical (unpaired) electrons. The lowest BCUT2D eigenvalue weighted by Gasteiger charge is -2.38. The number of carbonyl (C=O) groups is 1. The molecule has 3 rings (SSSR count). The molecule has 2 aromatic rings. The molecule has 1 aromatic carbocycles. The number of carbonyl (C=O) groups excluding carboxylic acids is 1. The highest BCUT2D eigenvalue weighted by Gasteiger charge is 2.35. The lowest BCUT2D eigenvalue weighted by molar-refractivity contribution is 0.0239. The van der Waals surface area contributed by atoms with Gasteiger partial charge in [-0.2, -0.15) is 0 Å². The van der Waals surface area contributed by atoms with Gasteiger partial charge in [0, 0.05) is 10.9 Å². The number of nitrogens with one attached hydrogen (secondary N) is 1. The van der Waals surface area contributed by atoms with E-state index in [9.17, 15) is 9.90 Å². The third kappa shape index (κ3) is 3.79. The summed E-state index contributed by atoms with van der Waals surface area (Å²) >= 11 is 1.45. The van der Waals surface area contributed by atoms with Crippen LogP contribution in [0.2, 0.25) is 0 Å². The normalized spacial score (nSPS) is 21.0. The van der Waals surface area contributed by atoms with Gasteiger partial charge in [0.25, 0.3) is 5.91 Å². The minimum absolute atomic E-state index is 0.0235. The smallest absolute Gasteiger partial charge is 0.265 e. The van der Waals surface area contributed by atoms with E-state index in [0.717, 1.165) is 24.1 Å². The van der Waals surface area contributed by atoms with Crippen molar-refractivity contribution in [1.82, 2.24) is 5.32 Å². The van der Waals surface area contributed by atoms with Crippen molar-refractivity contribution in [3.05, 3.63) is 51.7 Å². The van der Waals surface area contributed by atoms with Crippen LogP contribution < -0.4 is 10.1 Å². The van der Waals surface area contributed by atoms with Crippen molar-refractivity contribution in [1.29, 1.82) is 0 Å². The highest BCUT2D eigenvalue weighted by Crippen LogP contribution is 2.33. The Labute approximate surface area is 146 Å². The zero-order valence-corrected chi connectivity index (χ0v) is 14.8. The number of amides is 1. The molecular weight excluding hydrogens is 322 g/mol. The molecule has 0 aliphatic heterocycles. The Hall–Kier alpha value is -1.85. The van der Waals surface area contributed by atoms with Crippen molar-refractivity contribution in [2.45, 2.75) is 38.3 Å². The number of thiophene rings is 1. The largest absolute Gasteiger partial charge is 0.495 e. The molecule has 1 saturated carbocycles. The summed E-state index contributed by atoms with van der Waals surface area (Å²) in [5, 5.41) is 12.8. The molecule has 2 N–H and O–H groups in total. The summed E-state index contributed by atoms with van der Waals surface area (Å²) < 4.78 is 5.31. The maximum atomic E-state index is 12.7. The average Bonchev–Trinajstić information content (AvgIpc) is 2.93. The third-order valence-electron chi connectivity index (χ3n) is 4.58. The molecule has 1 atom stereocenters. The fraction of sp³-hybridized carbons (Fsp3) is 0.421. The van der Waals surface area contributed by atoms with Gasteiger partial charge in [-0.1, -0.05) is 30.3 Å². The second-order valence-electron chi connectivity index (χ2n) is 6.41. The predicted molar refractivity (Wildman–Crippen MR) is 95.7 cm³/mol. The SMILES string of the molecule is COc1cc(C)sc1C(=O)N[C@@H](Cc1ccccc1)C1CC(O)C1. The molecule has 1 aromatic heterocycles. The van der Waals surface area contributed by atoms with E-state index in [1.807, 2.05) is 31.2 Å². The van der Waals surface area contributed by atoms with E-state index in [2.05, 4.69) is 17.4 Å². The average molecular weight is 345 g/mol. The van der Waals surface area contributed by atoms with Crippen LogP contribution in [-0.4, -0.2) is 30.3 Å². The van der Waals surface area contributed by atoms with Crippen LogP contribution >= 0.6 is 11.3 Å². The van der Waals surface area contributed by atoms with Crippen molar-refractivity contribution in [2.75, 3.05) is 7.11 Å². The number of rotatable bonds is 6. The summed E-state index contributed by atoms with van der Waals surface area (Å²) in [6.45, 7) is 1.97. The van der Waals surface area contributed by atoms with E-state index < -0.39 is 0 Å². The lowest BCUT2D eigenvalue weighted by atomic mass is 9.75. The van der Waals surface area contributed by atoms with Crippen molar-refractivity contribution < 1.29 is 14.6 Å². The minimum Gasteiger partial charge on any atom is -0.495 e. The Kier molecular flexibility index (Phi) is 5.21. The zero-order valence-electron chi connectivity index (χ0n) is 14.0. The van der Waals surface area contributed by atoms with Crippen LogP contribution in [0.1, 0.15) is 33.0 Å². The van der Waals surface area contributed by atoms with Crippen molar-refractivity contribution in [3.63, 3.8) is 0 Å². The Balaban J connectivity index is 1.74. The molecule has 0 unspecified atom stereocenters. The van der Waals surface area contributed by atoms with E-state index >= 15 is 0 Å². The summed E-state index contributed by atoms with van der Waals surface area (Å²) in [6.07, 6.45) is 2.04.